The van der Waals surface area contributed by atoms with Crippen molar-refractivity contribution in [3.8, 4) is 6.07 Å². The summed E-state index contributed by atoms with van der Waals surface area (Å²) in [7, 11) is 0. The number of hydrogen-bond acceptors (Lipinski definition) is 7. The quantitative estimate of drug-likeness (QED) is 0.789. The highest BCUT2D eigenvalue weighted by Gasteiger charge is 2.20. The Hall–Kier alpha value is -2.72. The first kappa shape index (κ1) is 17.1. The molecule has 25 heavy (non-hydrogen) atoms. The van der Waals surface area contributed by atoms with Crippen molar-refractivity contribution >= 4 is 11.5 Å². The van der Waals surface area contributed by atoms with E-state index in [4.69, 9.17) is 9.78 Å². The summed E-state index contributed by atoms with van der Waals surface area (Å²) in [6.45, 7) is 7.39. The molecule has 0 radical (unpaired) electrons. The fourth-order valence-electron chi connectivity index (χ4n) is 3.14. The molecule has 1 aliphatic heterocycles. The van der Waals surface area contributed by atoms with Gasteiger partial charge in [-0.05, 0) is 31.5 Å². The summed E-state index contributed by atoms with van der Waals surface area (Å²) in [4.78, 5) is 20.7. The molecule has 7 nitrogen and oxygen atoms in total. The number of hydrogen-bond donors (Lipinski definition) is 0. The molecule has 0 atom stereocenters. The fraction of sp³-hybridized carbons (Fsp3) is 0.444. The minimum Gasteiger partial charge on any atom is -0.370 e. The SMILES string of the molecule is CC(=O)c1ccc(C#N)cc1N1CCCN(Cc2noc(C)n2)CC1. The van der Waals surface area contributed by atoms with E-state index in [1.807, 2.05) is 6.07 Å². The Balaban J connectivity index is 1.74. The molecule has 0 N–H and O–H groups in total. The summed E-state index contributed by atoms with van der Waals surface area (Å²) in [5.74, 6) is 1.29. The van der Waals surface area contributed by atoms with Gasteiger partial charge >= 0.3 is 0 Å². The Labute approximate surface area is 146 Å². The van der Waals surface area contributed by atoms with Gasteiger partial charge in [-0.1, -0.05) is 5.16 Å². The van der Waals surface area contributed by atoms with Gasteiger partial charge in [-0.25, -0.2) is 0 Å². The number of carbonyl (C=O) groups is 1. The van der Waals surface area contributed by atoms with Gasteiger partial charge in [0.25, 0.3) is 0 Å². The van der Waals surface area contributed by atoms with Crippen molar-refractivity contribution in [3.05, 3.63) is 41.0 Å². The Bertz CT molecular complexity index is 808. The molecule has 3 rings (SSSR count). The van der Waals surface area contributed by atoms with Crippen LogP contribution in [0.5, 0.6) is 0 Å². The first-order chi connectivity index (χ1) is 12.1. The van der Waals surface area contributed by atoms with Crippen LogP contribution in [0, 0.1) is 18.3 Å². The second-order valence-electron chi connectivity index (χ2n) is 6.25. The van der Waals surface area contributed by atoms with Gasteiger partial charge in [0.1, 0.15) is 0 Å². The predicted octanol–water partition coefficient (Wildman–Crippen LogP) is 2.16. The summed E-state index contributed by atoms with van der Waals surface area (Å²) >= 11 is 0. The van der Waals surface area contributed by atoms with Crippen molar-refractivity contribution in [1.82, 2.24) is 15.0 Å². The molecule has 130 valence electrons. The number of Topliss-reactive ketones (excluding diaryl/α,β-unsaturated/α-hetero) is 1. The number of benzene rings is 1. The van der Waals surface area contributed by atoms with E-state index in [0.717, 1.165) is 38.3 Å². The van der Waals surface area contributed by atoms with E-state index in [-0.39, 0.29) is 5.78 Å². The van der Waals surface area contributed by atoms with Crippen LogP contribution in [0.15, 0.2) is 22.7 Å². The summed E-state index contributed by atoms with van der Waals surface area (Å²) in [6.07, 6.45) is 0.963. The third-order valence-electron chi connectivity index (χ3n) is 4.37. The Kier molecular flexibility index (Phi) is 5.10. The molecule has 0 saturated carbocycles. The lowest BCUT2D eigenvalue weighted by Gasteiger charge is -2.25. The van der Waals surface area contributed by atoms with Gasteiger partial charge in [0.2, 0.25) is 5.89 Å². The number of nitriles is 1. The van der Waals surface area contributed by atoms with E-state index >= 15 is 0 Å². The molecule has 1 fully saturated rings. The van der Waals surface area contributed by atoms with E-state index in [2.05, 4.69) is 26.0 Å². The minimum absolute atomic E-state index is 0.0165. The van der Waals surface area contributed by atoms with Crippen LogP contribution in [0.4, 0.5) is 5.69 Å². The third-order valence-corrected chi connectivity index (χ3v) is 4.37. The van der Waals surface area contributed by atoms with Gasteiger partial charge in [-0.3, -0.25) is 9.69 Å². The maximum absolute atomic E-state index is 12.0. The normalized spacial score (nSPS) is 15.6. The van der Waals surface area contributed by atoms with E-state index in [0.29, 0.717) is 29.4 Å². The lowest BCUT2D eigenvalue weighted by atomic mass is 10.1. The van der Waals surface area contributed by atoms with Crippen LogP contribution in [0.3, 0.4) is 0 Å². The molecular formula is C18H21N5O2. The molecular weight excluding hydrogens is 318 g/mol. The number of nitrogens with zero attached hydrogens (tertiary/aromatic N) is 5. The van der Waals surface area contributed by atoms with E-state index in [9.17, 15) is 4.79 Å². The zero-order chi connectivity index (χ0) is 17.8. The number of aryl methyl sites for hydroxylation is 1. The van der Waals surface area contributed by atoms with Gasteiger partial charge in [0.05, 0.1) is 18.2 Å². The highest BCUT2D eigenvalue weighted by atomic mass is 16.5. The lowest BCUT2D eigenvalue weighted by molar-refractivity contribution is 0.101. The molecule has 1 aromatic carbocycles. The first-order valence-electron chi connectivity index (χ1n) is 8.38. The van der Waals surface area contributed by atoms with Gasteiger partial charge in [0.15, 0.2) is 11.6 Å². The first-order valence-corrected chi connectivity index (χ1v) is 8.38. The topological polar surface area (TPSA) is 86.3 Å². The fourth-order valence-corrected chi connectivity index (χ4v) is 3.14. The predicted molar refractivity (Wildman–Crippen MR) is 92.3 cm³/mol. The number of ketones is 1. The minimum atomic E-state index is 0.0165. The molecule has 0 bridgehead atoms. The van der Waals surface area contributed by atoms with Crippen LogP contribution < -0.4 is 4.90 Å². The maximum atomic E-state index is 12.0. The van der Waals surface area contributed by atoms with Crippen molar-refractivity contribution in [2.75, 3.05) is 31.1 Å². The maximum Gasteiger partial charge on any atom is 0.223 e. The van der Waals surface area contributed by atoms with E-state index < -0.39 is 0 Å². The second-order valence-corrected chi connectivity index (χ2v) is 6.25. The molecule has 7 heteroatoms. The van der Waals surface area contributed by atoms with E-state index in [1.165, 1.54) is 0 Å². The number of rotatable bonds is 4. The Morgan fingerprint density at radius 3 is 2.84 bits per heavy atom. The summed E-state index contributed by atoms with van der Waals surface area (Å²) in [5.41, 5.74) is 2.09. The molecule has 1 aromatic heterocycles. The van der Waals surface area contributed by atoms with Crippen molar-refractivity contribution in [3.63, 3.8) is 0 Å². The van der Waals surface area contributed by atoms with Crippen molar-refractivity contribution < 1.29 is 9.32 Å². The van der Waals surface area contributed by atoms with Crippen molar-refractivity contribution in [2.45, 2.75) is 26.8 Å². The smallest absolute Gasteiger partial charge is 0.223 e. The zero-order valence-corrected chi connectivity index (χ0v) is 14.5. The number of carbonyl (C=O) groups excluding carboxylic acids is 1. The summed E-state index contributed by atoms with van der Waals surface area (Å²) < 4.78 is 5.03. The third kappa shape index (κ3) is 4.03. The monoisotopic (exact) mass is 339 g/mol. The molecule has 2 aromatic rings. The molecule has 0 aliphatic carbocycles. The number of anilines is 1. The summed E-state index contributed by atoms with van der Waals surface area (Å²) in [5, 5.41) is 13.1. The molecule has 0 spiro atoms. The number of aromatic nitrogens is 2. The standard InChI is InChI=1S/C18H21N5O2/c1-13(24)16-5-4-15(11-19)10-17(16)23-7-3-6-22(8-9-23)12-18-20-14(2)25-21-18/h4-5,10H,3,6-9,12H2,1-2H3. The zero-order valence-electron chi connectivity index (χ0n) is 14.5. The van der Waals surface area contributed by atoms with Gasteiger partial charge < -0.3 is 9.42 Å². The van der Waals surface area contributed by atoms with Crippen molar-refractivity contribution in [1.29, 1.82) is 5.26 Å². The Morgan fingerprint density at radius 2 is 2.16 bits per heavy atom. The van der Waals surface area contributed by atoms with Crippen LogP contribution in [0.1, 0.15) is 41.0 Å². The average molecular weight is 339 g/mol. The van der Waals surface area contributed by atoms with Crippen LogP contribution in [0.25, 0.3) is 0 Å². The van der Waals surface area contributed by atoms with Crippen LogP contribution >= 0.6 is 0 Å². The molecule has 1 saturated heterocycles. The van der Waals surface area contributed by atoms with Crippen LogP contribution in [-0.4, -0.2) is 47.0 Å². The van der Waals surface area contributed by atoms with Gasteiger partial charge in [0, 0.05) is 44.4 Å². The van der Waals surface area contributed by atoms with Crippen LogP contribution in [-0.2, 0) is 6.54 Å². The summed E-state index contributed by atoms with van der Waals surface area (Å²) in [6, 6.07) is 7.42. The lowest BCUT2D eigenvalue weighted by Crippen LogP contribution is -2.31. The van der Waals surface area contributed by atoms with Gasteiger partial charge in [-0.15, -0.1) is 0 Å². The largest absolute Gasteiger partial charge is 0.370 e. The second kappa shape index (κ2) is 7.45. The molecule has 0 amide bonds. The highest BCUT2D eigenvalue weighted by molar-refractivity contribution is 6.00. The van der Waals surface area contributed by atoms with Crippen LogP contribution in [0.2, 0.25) is 0 Å². The molecule has 2 heterocycles. The Morgan fingerprint density at radius 1 is 1.32 bits per heavy atom. The van der Waals surface area contributed by atoms with Gasteiger partial charge in [-0.2, -0.15) is 10.2 Å². The highest BCUT2D eigenvalue weighted by Crippen LogP contribution is 2.24. The van der Waals surface area contributed by atoms with E-state index in [1.54, 1.807) is 26.0 Å². The molecule has 1 aliphatic rings. The van der Waals surface area contributed by atoms with Crippen molar-refractivity contribution in [2.24, 2.45) is 0 Å². The average Bonchev–Trinajstić information content (AvgIpc) is 2.87. The molecule has 0 unspecified atom stereocenters.